The van der Waals surface area contributed by atoms with E-state index < -0.39 is 0 Å². The molecule has 32 heavy (non-hydrogen) atoms. The lowest BCUT2D eigenvalue weighted by molar-refractivity contribution is -0.121. The van der Waals surface area contributed by atoms with Crippen LogP contribution in [0.15, 0.2) is 53.1 Å². The number of aryl methyl sites for hydroxylation is 1. The first-order chi connectivity index (χ1) is 15.4. The van der Waals surface area contributed by atoms with Gasteiger partial charge >= 0.3 is 0 Å². The standard InChI is InChI=1S/C26H32N2O4/c1-17(2)14-19-6-8-20(9-7-19)24-16-27-26(32-24)13-12-25(29)28-18(3)22-15-21(30-4)10-11-23(22)31-5/h6-11,15-18H,12-14H2,1-5H3,(H,28,29). The number of amides is 1. The molecule has 1 unspecified atom stereocenters. The molecule has 6 heteroatoms. The molecule has 0 saturated carbocycles. The summed E-state index contributed by atoms with van der Waals surface area (Å²) in [5.41, 5.74) is 3.15. The molecule has 6 nitrogen and oxygen atoms in total. The number of hydrogen-bond acceptors (Lipinski definition) is 5. The Morgan fingerprint density at radius 1 is 1.06 bits per heavy atom. The van der Waals surface area contributed by atoms with Crippen LogP contribution in [0, 0.1) is 5.92 Å². The number of nitrogens with one attached hydrogen (secondary N) is 1. The lowest BCUT2D eigenvalue weighted by Crippen LogP contribution is -2.27. The maximum atomic E-state index is 12.5. The number of methoxy groups -OCH3 is 2. The molecule has 3 aromatic rings. The smallest absolute Gasteiger partial charge is 0.220 e. The van der Waals surface area contributed by atoms with Crippen LogP contribution in [0.25, 0.3) is 11.3 Å². The quantitative estimate of drug-likeness (QED) is 0.463. The van der Waals surface area contributed by atoms with E-state index in [4.69, 9.17) is 13.9 Å². The van der Waals surface area contributed by atoms with Gasteiger partial charge in [0.1, 0.15) is 11.5 Å². The summed E-state index contributed by atoms with van der Waals surface area (Å²) in [6.07, 6.45) is 3.48. The summed E-state index contributed by atoms with van der Waals surface area (Å²) in [5, 5.41) is 3.01. The Hall–Kier alpha value is -3.28. The molecule has 1 atom stereocenters. The van der Waals surface area contributed by atoms with Gasteiger partial charge in [-0.2, -0.15) is 0 Å². The molecule has 0 aliphatic rings. The number of carbonyl (C=O) groups is 1. The molecule has 1 aromatic heterocycles. The second kappa shape index (κ2) is 10.8. The molecule has 0 bridgehead atoms. The van der Waals surface area contributed by atoms with E-state index in [0.29, 0.717) is 35.5 Å². The number of carbonyl (C=O) groups excluding carboxylic acids is 1. The highest BCUT2D eigenvalue weighted by Crippen LogP contribution is 2.29. The van der Waals surface area contributed by atoms with Gasteiger partial charge in [-0.05, 0) is 43.0 Å². The van der Waals surface area contributed by atoms with Gasteiger partial charge in [0.15, 0.2) is 11.7 Å². The fraction of sp³-hybridized carbons (Fsp3) is 0.385. The Morgan fingerprint density at radius 2 is 1.81 bits per heavy atom. The molecule has 0 aliphatic heterocycles. The van der Waals surface area contributed by atoms with Crippen LogP contribution in [0.2, 0.25) is 0 Å². The van der Waals surface area contributed by atoms with Crippen molar-refractivity contribution in [1.29, 1.82) is 0 Å². The van der Waals surface area contributed by atoms with Gasteiger partial charge in [-0.15, -0.1) is 0 Å². The molecule has 0 radical (unpaired) electrons. The topological polar surface area (TPSA) is 73.6 Å². The molecule has 0 spiro atoms. The molecule has 1 N–H and O–H groups in total. The van der Waals surface area contributed by atoms with Crippen LogP contribution in [0.1, 0.15) is 50.3 Å². The van der Waals surface area contributed by atoms with Crippen molar-refractivity contribution in [2.24, 2.45) is 5.92 Å². The van der Waals surface area contributed by atoms with Gasteiger partial charge in [-0.25, -0.2) is 4.98 Å². The molecule has 1 amide bonds. The van der Waals surface area contributed by atoms with Gasteiger partial charge in [0, 0.05) is 24.0 Å². The maximum absolute atomic E-state index is 12.5. The highest BCUT2D eigenvalue weighted by molar-refractivity contribution is 5.76. The van der Waals surface area contributed by atoms with E-state index in [1.54, 1.807) is 20.4 Å². The van der Waals surface area contributed by atoms with Crippen molar-refractivity contribution < 1.29 is 18.7 Å². The monoisotopic (exact) mass is 436 g/mol. The Balaban J connectivity index is 1.56. The van der Waals surface area contributed by atoms with Gasteiger partial charge < -0.3 is 19.2 Å². The van der Waals surface area contributed by atoms with E-state index in [0.717, 1.165) is 17.5 Å². The normalized spacial score (nSPS) is 11.9. The number of oxazole rings is 1. The zero-order chi connectivity index (χ0) is 23.1. The van der Waals surface area contributed by atoms with Crippen molar-refractivity contribution in [2.45, 2.75) is 46.1 Å². The predicted molar refractivity (Wildman–Crippen MR) is 125 cm³/mol. The van der Waals surface area contributed by atoms with Crippen molar-refractivity contribution >= 4 is 5.91 Å². The van der Waals surface area contributed by atoms with Crippen molar-refractivity contribution in [3.8, 4) is 22.8 Å². The number of rotatable bonds is 10. The van der Waals surface area contributed by atoms with Crippen molar-refractivity contribution in [3.05, 3.63) is 65.7 Å². The van der Waals surface area contributed by atoms with Gasteiger partial charge in [0.25, 0.3) is 0 Å². The summed E-state index contributed by atoms with van der Waals surface area (Å²) < 4.78 is 16.6. The van der Waals surface area contributed by atoms with Gasteiger partial charge in [-0.3, -0.25) is 4.79 Å². The fourth-order valence-electron chi connectivity index (χ4n) is 3.63. The first-order valence-corrected chi connectivity index (χ1v) is 10.9. The van der Waals surface area contributed by atoms with E-state index in [1.807, 2.05) is 25.1 Å². The van der Waals surface area contributed by atoms with Crippen molar-refractivity contribution in [3.63, 3.8) is 0 Å². The zero-order valence-electron chi connectivity index (χ0n) is 19.5. The minimum atomic E-state index is -0.225. The third kappa shape index (κ3) is 6.13. The Bertz CT molecular complexity index is 1020. The Labute approximate surface area is 190 Å². The number of nitrogens with zero attached hydrogens (tertiary/aromatic N) is 1. The summed E-state index contributed by atoms with van der Waals surface area (Å²) >= 11 is 0. The first kappa shape index (κ1) is 23.4. The van der Waals surface area contributed by atoms with Gasteiger partial charge in [-0.1, -0.05) is 38.1 Å². The Kier molecular flexibility index (Phi) is 7.92. The molecule has 2 aromatic carbocycles. The molecule has 0 aliphatic carbocycles. The molecular formula is C26H32N2O4. The summed E-state index contributed by atoms with van der Waals surface area (Å²) in [7, 11) is 3.22. The highest BCUT2D eigenvalue weighted by Gasteiger charge is 2.16. The molecule has 170 valence electrons. The highest BCUT2D eigenvalue weighted by atomic mass is 16.5. The predicted octanol–water partition coefficient (Wildman–Crippen LogP) is 5.37. The summed E-state index contributed by atoms with van der Waals surface area (Å²) in [5.74, 6) is 3.22. The molecular weight excluding hydrogens is 404 g/mol. The van der Waals surface area contributed by atoms with Crippen LogP contribution in [0.4, 0.5) is 0 Å². The van der Waals surface area contributed by atoms with Crippen molar-refractivity contribution in [1.82, 2.24) is 10.3 Å². The van der Waals surface area contributed by atoms with Crippen LogP contribution in [0.5, 0.6) is 11.5 Å². The maximum Gasteiger partial charge on any atom is 0.220 e. The fourth-order valence-corrected chi connectivity index (χ4v) is 3.63. The number of hydrogen-bond donors (Lipinski definition) is 1. The third-order valence-electron chi connectivity index (χ3n) is 5.28. The van der Waals surface area contributed by atoms with E-state index in [1.165, 1.54) is 5.56 Å². The summed E-state index contributed by atoms with van der Waals surface area (Å²) in [6.45, 7) is 6.34. The SMILES string of the molecule is COc1ccc(OC)c(C(C)NC(=O)CCc2ncc(-c3ccc(CC(C)C)cc3)o2)c1. The molecule has 0 saturated heterocycles. The van der Waals surface area contributed by atoms with Crippen LogP contribution >= 0.6 is 0 Å². The van der Waals surface area contributed by atoms with Gasteiger partial charge in [0.2, 0.25) is 5.91 Å². The third-order valence-corrected chi connectivity index (χ3v) is 5.28. The van der Waals surface area contributed by atoms with Crippen LogP contribution in [-0.4, -0.2) is 25.1 Å². The first-order valence-electron chi connectivity index (χ1n) is 10.9. The average molecular weight is 437 g/mol. The van der Waals surface area contributed by atoms with E-state index in [2.05, 4.69) is 48.4 Å². The lowest BCUT2D eigenvalue weighted by atomic mass is 10.0. The zero-order valence-corrected chi connectivity index (χ0v) is 19.5. The van der Waals surface area contributed by atoms with Gasteiger partial charge in [0.05, 0.1) is 26.5 Å². The second-order valence-electron chi connectivity index (χ2n) is 8.31. The molecule has 1 heterocycles. The molecule has 0 fully saturated rings. The van der Waals surface area contributed by atoms with E-state index in [9.17, 15) is 4.79 Å². The number of ether oxygens (including phenoxy) is 2. The van der Waals surface area contributed by atoms with Crippen LogP contribution in [0.3, 0.4) is 0 Å². The van der Waals surface area contributed by atoms with E-state index >= 15 is 0 Å². The number of aromatic nitrogens is 1. The second-order valence-corrected chi connectivity index (χ2v) is 8.31. The molecule has 3 rings (SSSR count). The average Bonchev–Trinajstić information content (AvgIpc) is 3.26. The summed E-state index contributed by atoms with van der Waals surface area (Å²) in [6, 6.07) is 13.7. The van der Waals surface area contributed by atoms with Crippen molar-refractivity contribution in [2.75, 3.05) is 14.2 Å². The lowest BCUT2D eigenvalue weighted by Gasteiger charge is -2.18. The Morgan fingerprint density at radius 3 is 2.47 bits per heavy atom. The minimum Gasteiger partial charge on any atom is -0.497 e. The summed E-state index contributed by atoms with van der Waals surface area (Å²) in [4.78, 5) is 16.8. The largest absolute Gasteiger partial charge is 0.497 e. The van der Waals surface area contributed by atoms with E-state index in [-0.39, 0.29) is 18.4 Å². The van der Waals surface area contributed by atoms with Crippen LogP contribution < -0.4 is 14.8 Å². The minimum absolute atomic E-state index is 0.0832. The number of benzene rings is 2. The van der Waals surface area contributed by atoms with Crippen LogP contribution in [-0.2, 0) is 17.6 Å².